The first-order chi connectivity index (χ1) is 6.20. The molecule has 2 N–H and O–H groups in total. The fourth-order valence-electron chi connectivity index (χ4n) is 1.56. The first-order valence-corrected chi connectivity index (χ1v) is 5.33. The van der Waals surface area contributed by atoms with Gasteiger partial charge in [-0.25, -0.2) is 0 Å². The smallest absolute Gasteiger partial charge is 0.0163 e. The second kappa shape index (κ2) is 5.40. The van der Waals surface area contributed by atoms with E-state index in [4.69, 9.17) is 5.73 Å². The van der Waals surface area contributed by atoms with Crippen LogP contribution in [0.5, 0.6) is 0 Å². The van der Waals surface area contributed by atoms with Crippen molar-refractivity contribution in [1.82, 2.24) is 4.90 Å². The van der Waals surface area contributed by atoms with Crippen LogP contribution < -0.4 is 5.73 Å². The molecule has 0 spiro atoms. The number of nitrogens with zero attached hydrogens (tertiary/aromatic N) is 1. The molecule has 1 aliphatic rings. The summed E-state index contributed by atoms with van der Waals surface area (Å²) in [5, 5.41) is 0. The summed E-state index contributed by atoms with van der Waals surface area (Å²) >= 11 is 0. The quantitative estimate of drug-likeness (QED) is 0.669. The molecule has 2 heteroatoms. The summed E-state index contributed by atoms with van der Waals surface area (Å²) in [4.78, 5) is 2.47. The zero-order valence-electron chi connectivity index (χ0n) is 8.87. The van der Waals surface area contributed by atoms with Crippen LogP contribution in [0.25, 0.3) is 0 Å². The van der Waals surface area contributed by atoms with Gasteiger partial charge in [0.15, 0.2) is 0 Å². The van der Waals surface area contributed by atoms with Gasteiger partial charge in [0.2, 0.25) is 0 Å². The Hall–Kier alpha value is -0.340. The first-order valence-electron chi connectivity index (χ1n) is 5.33. The average Bonchev–Trinajstić information content (AvgIpc) is 2.15. The van der Waals surface area contributed by atoms with E-state index in [1.165, 1.54) is 13.0 Å². The van der Waals surface area contributed by atoms with Crippen molar-refractivity contribution in [3.8, 4) is 0 Å². The van der Waals surface area contributed by atoms with E-state index in [1.54, 1.807) is 0 Å². The summed E-state index contributed by atoms with van der Waals surface area (Å²) in [6, 6.07) is 0.367. The van der Waals surface area contributed by atoms with Crippen LogP contribution in [0, 0.1) is 5.92 Å². The Morgan fingerprint density at radius 1 is 1.38 bits per heavy atom. The number of hydrogen-bond acceptors (Lipinski definition) is 2. The molecule has 1 unspecified atom stereocenters. The van der Waals surface area contributed by atoms with Gasteiger partial charge in [-0.3, -0.25) is 4.90 Å². The van der Waals surface area contributed by atoms with Crippen LogP contribution in [0.1, 0.15) is 26.7 Å². The fraction of sp³-hybridized carbons (Fsp3) is 0.818. The number of hydrogen-bond donors (Lipinski definition) is 1. The molecule has 13 heavy (non-hydrogen) atoms. The zero-order chi connectivity index (χ0) is 9.68. The molecule has 76 valence electrons. The fourth-order valence-corrected chi connectivity index (χ4v) is 1.56. The summed E-state index contributed by atoms with van der Waals surface area (Å²) in [5.41, 5.74) is 5.99. The van der Waals surface area contributed by atoms with Crippen LogP contribution in [0.2, 0.25) is 0 Å². The van der Waals surface area contributed by atoms with Crippen molar-refractivity contribution in [3.05, 3.63) is 12.2 Å². The van der Waals surface area contributed by atoms with E-state index in [0.29, 0.717) is 12.0 Å². The van der Waals surface area contributed by atoms with Crippen LogP contribution >= 0.6 is 0 Å². The van der Waals surface area contributed by atoms with Crippen molar-refractivity contribution < 1.29 is 0 Å². The maximum absolute atomic E-state index is 5.99. The highest BCUT2D eigenvalue weighted by molar-refractivity contribution is 4.90. The monoisotopic (exact) mass is 182 g/mol. The third kappa shape index (κ3) is 3.92. The minimum Gasteiger partial charge on any atom is -0.327 e. The normalized spacial score (nSPS) is 20.9. The van der Waals surface area contributed by atoms with Crippen molar-refractivity contribution in [3.63, 3.8) is 0 Å². The molecule has 0 aromatic rings. The Balaban J connectivity index is 2.14. The van der Waals surface area contributed by atoms with Gasteiger partial charge in [-0.1, -0.05) is 26.0 Å². The predicted molar refractivity (Wildman–Crippen MR) is 57.6 cm³/mol. The summed E-state index contributed by atoms with van der Waals surface area (Å²) < 4.78 is 0. The highest BCUT2D eigenvalue weighted by Crippen LogP contribution is 2.06. The Bertz CT molecular complexity index is 163. The summed E-state index contributed by atoms with van der Waals surface area (Å²) in [7, 11) is 0. The molecule has 1 atom stereocenters. The highest BCUT2D eigenvalue weighted by Gasteiger charge is 2.10. The molecule has 1 rings (SSSR count). The second-order valence-corrected chi connectivity index (χ2v) is 4.26. The Kier molecular flexibility index (Phi) is 4.46. The molecule has 0 amide bonds. The van der Waals surface area contributed by atoms with Gasteiger partial charge < -0.3 is 5.73 Å². The Morgan fingerprint density at radius 2 is 2.15 bits per heavy atom. The van der Waals surface area contributed by atoms with Crippen LogP contribution in [0.15, 0.2) is 12.2 Å². The molecular formula is C11H22N2. The van der Waals surface area contributed by atoms with E-state index in [1.807, 2.05) is 0 Å². The third-order valence-corrected chi connectivity index (χ3v) is 2.78. The van der Waals surface area contributed by atoms with Crippen molar-refractivity contribution >= 4 is 0 Å². The zero-order valence-corrected chi connectivity index (χ0v) is 8.87. The Morgan fingerprint density at radius 3 is 2.69 bits per heavy atom. The minimum atomic E-state index is 0.367. The number of nitrogens with two attached hydrogens (primary N) is 1. The van der Waals surface area contributed by atoms with Crippen molar-refractivity contribution in [1.29, 1.82) is 0 Å². The van der Waals surface area contributed by atoms with Crippen LogP contribution in [0.4, 0.5) is 0 Å². The first kappa shape index (κ1) is 10.7. The van der Waals surface area contributed by atoms with Crippen molar-refractivity contribution in [2.24, 2.45) is 11.7 Å². The van der Waals surface area contributed by atoms with E-state index >= 15 is 0 Å². The molecule has 0 saturated heterocycles. The maximum Gasteiger partial charge on any atom is 0.0163 e. The molecule has 2 nitrogen and oxygen atoms in total. The van der Waals surface area contributed by atoms with E-state index in [2.05, 4.69) is 30.9 Å². The Labute approximate surface area is 81.8 Å². The minimum absolute atomic E-state index is 0.367. The van der Waals surface area contributed by atoms with Gasteiger partial charge in [0.25, 0.3) is 0 Å². The van der Waals surface area contributed by atoms with Crippen molar-refractivity contribution in [2.75, 3.05) is 19.6 Å². The lowest BCUT2D eigenvalue weighted by atomic mass is 10.0. The summed E-state index contributed by atoms with van der Waals surface area (Å²) in [6.45, 7) is 7.87. The molecule has 1 heterocycles. The predicted octanol–water partition coefficient (Wildman–Crippen LogP) is 1.62. The van der Waals surface area contributed by atoms with Crippen LogP contribution in [-0.2, 0) is 0 Å². The van der Waals surface area contributed by atoms with Gasteiger partial charge in [0, 0.05) is 19.1 Å². The van der Waals surface area contributed by atoms with E-state index < -0.39 is 0 Å². The van der Waals surface area contributed by atoms with Gasteiger partial charge in [-0.15, -0.1) is 0 Å². The average molecular weight is 182 g/mol. The van der Waals surface area contributed by atoms with Crippen LogP contribution in [0.3, 0.4) is 0 Å². The standard InChI is InChI=1S/C11H22N2/c1-10(2)11(12)6-9-13-7-4-3-5-8-13/h3-4,10-11H,5-9,12H2,1-2H3. The largest absolute Gasteiger partial charge is 0.327 e. The van der Waals surface area contributed by atoms with E-state index in [0.717, 1.165) is 19.5 Å². The van der Waals surface area contributed by atoms with Gasteiger partial charge in [0.05, 0.1) is 0 Å². The topological polar surface area (TPSA) is 29.3 Å². The molecule has 0 bridgehead atoms. The lowest BCUT2D eigenvalue weighted by Crippen LogP contribution is -2.34. The molecular weight excluding hydrogens is 160 g/mol. The number of rotatable bonds is 4. The lowest BCUT2D eigenvalue weighted by molar-refractivity contribution is 0.274. The van der Waals surface area contributed by atoms with E-state index in [9.17, 15) is 0 Å². The summed E-state index contributed by atoms with van der Waals surface area (Å²) in [6.07, 6.45) is 6.85. The van der Waals surface area contributed by atoms with Gasteiger partial charge in [0.1, 0.15) is 0 Å². The molecule has 0 radical (unpaired) electrons. The second-order valence-electron chi connectivity index (χ2n) is 4.26. The summed E-state index contributed by atoms with van der Waals surface area (Å²) in [5.74, 6) is 0.611. The molecule has 1 aliphatic heterocycles. The molecule has 0 fully saturated rings. The molecule has 0 aromatic heterocycles. The lowest BCUT2D eigenvalue weighted by Gasteiger charge is -2.25. The van der Waals surface area contributed by atoms with Gasteiger partial charge in [-0.2, -0.15) is 0 Å². The van der Waals surface area contributed by atoms with Crippen molar-refractivity contribution in [2.45, 2.75) is 32.7 Å². The maximum atomic E-state index is 5.99. The molecule has 0 saturated carbocycles. The molecule has 0 aromatic carbocycles. The molecule has 0 aliphatic carbocycles. The van der Waals surface area contributed by atoms with Crippen LogP contribution in [-0.4, -0.2) is 30.6 Å². The third-order valence-electron chi connectivity index (χ3n) is 2.78. The van der Waals surface area contributed by atoms with Gasteiger partial charge in [-0.05, 0) is 25.3 Å². The van der Waals surface area contributed by atoms with E-state index in [-0.39, 0.29) is 0 Å². The highest BCUT2D eigenvalue weighted by atomic mass is 15.1. The van der Waals surface area contributed by atoms with Gasteiger partial charge >= 0.3 is 0 Å². The SMILES string of the molecule is CC(C)C(N)CCN1CC=CCC1.